The fourth-order valence-electron chi connectivity index (χ4n) is 4.09. The second-order valence-electron chi connectivity index (χ2n) is 6.38. The number of ketones is 1. The molecule has 2 aliphatic carbocycles. The van der Waals surface area contributed by atoms with E-state index in [-0.39, 0.29) is 33.4 Å². The predicted octanol–water partition coefficient (Wildman–Crippen LogP) is 3.30. The third-order valence-corrected chi connectivity index (χ3v) is 5.91. The van der Waals surface area contributed by atoms with Gasteiger partial charge in [0.2, 0.25) is 0 Å². The van der Waals surface area contributed by atoms with Crippen LogP contribution in [-0.2, 0) is 19.1 Å². The maximum absolute atomic E-state index is 12.3. The van der Waals surface area contributed by atoms with Gasteiger partial charge in [-0.15, -0.1) is 0 Å². The van der Waals surface area contributed by atoms with E-state index in [4.69, 9.17) is 9.47 Å². The number of carbonyl (C=O) groups excluding carboxylic acids is 2. The zero-order chi connectivity index (χ0) is 15.6. The van der Waals surface area contributed by atoms with Crippen LogP contribution in [0.5, 0.6) is 0 Å². The molecule has 2 fully saturated rings. The normalized spacial score (nSPS) is 33.1. The van der Waals surface area contributed by atoms with Crippen LogP contribution in [0.2, 0.25) is 0 Å². The van der Waals surface area contributed by atoms with E-state index >= 15 is 0 Å². The zero-order valence-corrected chi connectivity index (χ0v) is 15.2. The second kappa shape index (κ2) is 6.94. The van der Waals surface area contributed by atoms with Gasteiger partial charge in [0, 0.05) is 35.7 Å². The van der Waals surface area contributed by atoms with E-state index in [0.29, 0.717) is 12.2 Å². The molecular weight excluding hydrogens is 383 g/mol. The SMILES string of the molecule is CO[C@H]([C@H](OC(C)=O)[C@@H](C)I)[C@H]1CCCC[C@@]12CCC2=O. The summed E-state index contributed by atoms with van der Waals surface area (Å²) < 4.78 is 11.4. The Labute approximate surface area is 140 Å². The fourth-order valence-corrected chi connectivity index (χ4v) is 4.65. The lowest BCUT2D eigenvalue weighted by molar-refractivity contribution is -0.171. The highest BCUT2D eigenvalue weighted by Crippen LogP contribution is 2.54. The van der Waals surface area contributed by atoms with E-state index in [1.54, 1.807) is 7.11 Å². The third-order valence-electron chi connectivity index (χ3n) is 5.20. The maximum Gasteiger partial charge on any atom is 0.303 e. The molecule has 120 valence electrons. The largest absolute Gasteiger partial charge is 0.459 e. The van der Waals surface area contributed by atoms with Gasteiger partial charge < -0.3 is 9.47 Å². The van der Waals surface area contributed by atoms with Gasteiger partial charge in [-0.25, -0.2) is 0 Å². The molecule has 0 aromatic rings. The molecule has 0 heterocycles. The first kappa shape index (κ1) is 17.2. The average molecular weight is 408 g/mol. The van der Waals surface area contributed by atoms with Crippen molar-refractivity contribution in [2.45, 2.75) is 68.5 Å². The van der Waals surface area contributed by atoms with Crippen molar-refractivity contribution in [1.29, 1.82) is 0 Å². The smallest absolute Gasteiger partial charge is 0.303 e. The summed E-state index contributed by atoms with van der Waals surface area (Å²) in [5.41, 5.74) is -0.206. The lowest BCUT2D eigenvalue weighted by atomic mass is 9.52. The van der Waals surface area contributed by atoms with Crippen molar-refractivity contribution in [1.82, 2.24) is 0 Å². The minimum Gasteiger partial charge on any atom is -0.459 e. The van der Waals surface area contributed by atoms with Crippen LogP contribution in [0, 0.1) is 11.3 Å². The van der Waals surface area contributed by atoms with Crippen molar-refractivity contribution in [3.63, 3.8) is 0 Å². The number of hydrogen-bond acceptors (Lipinski definition) is 4. The van der Waals surface area contributed by atoms with Crippen molar-refractivity contribution in [3.8, 4) is 0 Å². The summed E-state index contributed by atoms with van der Waals surface area (Å²) in [6.45, 7) is 3.46. The molecule has 2 aliphatic rings. The third kappa shape index (κ3) is 3.28. The molecule has 5 atom stereocenters. The van der Waals surface area contributed by atoms with E-state index < -0.39 is 0 Å². The minimum atomic E-state index is -0.290. The number of esters is 1. The molecule has 0 aromatic heterocycles. The number of halogens is 1. The molecule has 0 radical (unpaired) electrons. The van der Waals surface area contributed by atoms with Crippen molar-refractivity contribution in [3.05, 3.63) is 0 Å². The monoisotopic (exact) mass is 408 g/mol. The molecule has 0 aliphatic heterocycles. The highest BCUT2D eigenvalue weighted by Gasteiger charge is 2.56. The summed E-state index contributed by atoms with van der Waals surface area (Å²) >= 11 is 2.28. The molecule has 2 saturated carbocycles. The van der Waals surface area contributed by atoms with Crippen LogP contribution in [0.25, 0.3) is 0 Å². The number of alkyl halides is 1. The maximum atomic E-state index is 12.3. The molecule has 2 rings (SSSR count). The molecule has 0 saturated heterocycles. The van der Waals surface area contributed by atoms with Crippen molar-refractivity contribution < 1.29 is 19.1 Å². The summed E-state index contributed by atoms with van der Waals surface area (Å²) in [4.78, 5) is 23.7. The van der Waals surface area contributed by atoms with E-state index in [9.17, 15) is 9.59 Å². The Morgan fingerprint density at radius 1 is 1.38 bits per heavy atom. The van der Waals surface area contributed by atoms with E-state index in [0.717, 1.165) is 32.1 Å². The Morgan fingerprint density at radius 2 is 2.10 bits per heavy atom. The molecular formula is C16H25IO4. The highest BCUT2D eigenvalue weighted by molar-refractivity contribution is 14.1. The van der Waals surface area contributed by atoms with Crippen molar-refractivity contribution in [2.24, 2.45) is 11.3 Å². The first-order valence-electron chi connectivity index (χ1n) is 7.80. The molecule has 0 bridgehead atoms. The van der Waals surface area contributed by atoms with Crippen LogP contribution < -0.4 is 0 Å². The van der Waals surface area contributed by atoms with Gasteiger partial charge in [-0.2, -0.15) is 0 Å². The Hall–Kier alpha value is -0.170. The molecule has 21 heavy (non-hydrogen) atoms. The molecule has 4 nitrogen and oxygen atoms in total. The van der Waals surface area contributed by atoms with Gasteiger partial charge >= 0.3 is 5.97 Å². The summed E-state index contributed by atoms with van der Waals surface area (Å²) in [5, 5.41) is 0. The highest BCUT2D eigenvalue weighted by atomic mass is 127. The lowest BCUT2D eigenvalue weighted by Crippen LogP contribution is -2.56. The zero-order valence-electron chi connectivity index (χ0n) is 13.1. The standard InChI is InChI=1S/C16H25IO4/c1-10(17)14(21-11(2)18)15(20-3)12-6-4-5-8-16(12)9-7-13(16)19/h10,12,14-15H,4-9H2,1-3H3/t10-,12-,14-,15+,16-/m1/s1. The average Bonchev–Trinajstić information content (AvgIpc) is 2.45. The van der Waals surface area contributed by atoms with Gasteiger partial charge in [-0.3, -0.25) is 9.59 Å². The first-order chi connectivity index (χ1) is 9.92. The van der Waals surface area contributed by atoms with Crippen LogP contribution in [0.15, 0.2) is 0 Å². The van der Waals surface area contributed by atoms with Gasteiger partial charge in [0.25, 0.3) is 0 Å². The Morgan fingerprint density at radius 3 is 2.52 bits per heavy atom. The number of rotatable bonds is 5. The van der Waals surface area contributed by atoms with Crippen LogP contribution in [-0.4, -0.2) is 35.0 Å². The number of Topliss-reactive ketones (excluding diaryl/α,β-unsaturated/α-hetero) is 1. The van der Waals surface area contributed by atoms with Crippen molar-refractivity contribution in [2.75, 3.05) is 7.11 Å². The Bertz CT molecular complexity index is 409. The first-order valence-corrected chi connectivity index (χ1v) is 9.04. The van der Waals surface area contributed by atoms with Crippen LogP contribution in [0.3, 0.4) is 0 Å². The van der Waals surface area contributed by atoms with Gasteiger partial charge in [0.05, 0.1) is 6.10 Å². The van der Waals surface area contributed by atoms with Crippen molar-refractivity contribution >= 4 is 34.3 Å². The molecule has 5 heteroatoms. The molecule has 0 unspecified atom stereocenters. The van der Waals surface area contributed by atoms with Gasteiger partial charge in [-0.05, 0) is 26.2 Å². The molecule has 1 spiro atoms. The second-order valence-corrected chi connectivity index (χ2v) is 8.35. The Balaban J connectivity index is 2.24. The number of hydrogen-bond donors (Lipinski definition) is 0. The molecule has 0 aromatic carbocycles. The number of ether oxygens (including phenoxy) is 2. The van der Waals surface area contributed by atoms with Gasteiger partial charge in [0.15, 0.2) is 0 Å². The number of methoxy groups -OCH3 is 1. The van der Waals surface area contributed by atoms with Gasteiger partial charge in [-0.1, -0.05) is 35.4 Å². The summed E-state index contributed by atoms with van der Waals surface area (Å²) in [7, 11) is 1.67. The predicted molar refractivity (Wildman–Crippen MR) is 88.5 cm³/mol. The molecule has 0 amide bonds. The fraction of sp³-hybridized carbons (Fsp3) is 0.875. The van der Waals surface area contributed by atoms with E-state index in [1.807, 2.05) is 6.92 Å². The summed E-state index contributed by atoms with van der Waals surface area (Å²) in [6, 6.07) is 0. The Kier molecular flexibility index (Phi) is 5.68. The quantitative estimate of drug-likeness (QED) is 0.398. The van der Waals surface area contributed by atoms with E-state index in [1.165, 1.54) is 6.92 Å². The summed E-state index contributed by atoms with van der Waals surface area (Å²) in [6.07, 6.45) is 5.40. The van der Waals surface area contributed by atoms with Crippen LogP contribution in [0.1, 0.15) is 52.4 Å². The van der Waals surface area contributed by atoms with Crippen LogP contribution in [0.4, 0.5) is 0 Å². The topological polar surface area (TPSA) is 52.6 Å². The van der Waals surface area contributed by atoms with Crippen LogP contribution >= 0.6 is 22.6 Å². The minimum absolute atomic E-state index is 0.144. The van der Waals surface area contributed by atoms with E-state index in [2.05, 4.69) is 22.6 Å². The summed E-state index contributed by atoms with van der Waals surface area (Å²) in [5.74, 6) is 0.284. The number of carbonyl (C=O) groups is 2. The lowest BCUT2D eigenvalue weighted by Gasteiger charge is -2.52. The molecule has 0 N–H and O–H groups in total. The van der Waals surface area contributed by atoms with Gasteiger partial charge in [0.1, 0.15) is 11.9 Å².